The van der Waals surface area contributed by atoms with Crippen LogP contribution >= 0.6 is 0 Å². The monoisotopic (exact) mass is 234 g/mol. The Labute approximate surface area is 98.8 Å². The van der Waals surface area contributed by atoms with Crippen LogP contribution in [-0.2, 0) is 6.54 Å². The molecule has 0 radical (unpaired) electrons. The number of aryl methyl sites for hydroxylation is 1. The van der Waals surface area contributed by atoms with Crippen molar-refractivity contribution in [1.29, 1.82) is 0 Å². The molecule has 0 aliphatic heterocycles. The van der Waals surface area contributed by atoms with E-state index in [2.05, 4.69) is 15.4 Å². The van der Waals surface area contributed by atoms with E-state index in [0.29, 0.717) is 18.8 Å². The second-order valence-corrected chi connectivity index (χ2v) is 3.52. The van der Waals surface area contributed by atoms with Gasteiger partial charge in [0.15, 0.2) is 0 Å². The third-order valence-corrected chi connectivity index (χ3v) is 2.30. The molecule has 90 valence electrons. The number of benzene rings is 1. The smallest absolute Gasteiger partial charge is 0.205 e. The Hall–Kier alpha value is -1.95. The minimum atomic E-state index is 0.121. The molecule has 1 N–H and O–H groups in total. The lowest BCUT2D eigenvalue weighted by molar-refractivity contribution is 0.272. The van der Waals surface area contributed by atoms with E-state index in [4.69, 9.17) is 9.84 Å². The van der Waals surface area contributed by atoms with Gasteiger partial charge in [0, 0.05) is 12.2 Å². The van der Waals surface area contributed by atoms with Crippen molar-refractivity contribution < 1.29 is 9.84 Å². The summed E-state index contributed by atoms with van der Waals surface area (Å²) < 4.78 is 5.13. The Bertz CT molecular complexity index is 484. The van der Waals surface area contributed by atoms with Gasteiger partial charge in [0.1, 0.15) is 5.75 Å². The number of hydrogen-bond acceptors (Lipinski definition) is 5. The lowest BCUT2D eigenvalue weighted by Crippen LogP contribution is -2.04. The average Bonchev–Trinajstić information content (AvgIpc) is 2.85. The van der Waals surface area contributed by atoms with E-state index in [-0.39, 0.29) is 6.61 Å². The molecule has 0 aliphatic carbocycles. The number of ether oxygens (including phenoxy) is 1. The van der Waals surface area contributed by atoms with Crippen LogP contribution in [0, 0.1) is 0 Å². The van der Waals surface area contributed by atoms with E-state index < -0.39 is 0 Å². The molecule has 0 spiro atoms. The van der Waals surface area contributed by atoms with E-state index in [1.54, 1.807) is 7.11 Å². The maximum absolute atomic E-state index is 8.71. The third-order valence-electron chi connectivity index (χ3n) is 2.30. The number of aromatic nitrogens is 4. The zero-order valence-corrected chi connectivity index (χ0v) is 9.58. The Balaban J connectivity index is 2.18. The van der Waals surface area contributed by atoms with Crippen LogP contribution in [0.2, 0.25) is 0 Å². The molecular formula is C11H14N4O2. The van der Waals surface area contributed by atoms with Crippen LogP contribution in [0.3, 0.4) is 0 Å². The first-order chi connectivity index (χ1) is 8.33. The summed E-state index contributed by atoms with van der Waals surface area (Å²) in [4.78, 5) is 1.48. The topological polar surface area (TPSA) is 73.1 Å². The van der Waals surface area contributed by atoms with Gasteiger partial charge in [-0.05, 0) is 23.8 Å². The number of tetrazole rings is 1. The van der Waals surface area contributed by atoms with Crippen molar-refractivity contribution in [3.63, 3.8) is 0 Å². The van der Waals surface area contributed by atoms with E-state index in [0.717, 1.165) is 11.3 Å². The highest BCUT2D eigenvalue weighted by Crippen LogP contribution is 2.19. The van der Waals surface area contributed by atoms with Gasteiger partial charge in [0.2, 0.25) is 5.82 Å². The lowest BCUT2D eigenvalue weighted by Gasteiger charge is -2.00. The van der Waals surface area contributed by atoms with E-state index >= 15 is 0 Å². The molecule has 1 aromatic heterocycles. The Morgan fingerprint density at radius 3 is 3.06 bits per heavy atom. The lowest BCUT2D eigenvalue weighted by atomic mass is 10.2. The van der Waals surface area contributed by atoms with Crippen LogP contribution < -0.4 is 4.74 Å². The molecule has 0 saturated carbocycles. The van der Waals surface area contributed by atoms with Gasteiger partial charge in [-0.15, -0.1) is 10.2 Å². The highest BCUT2D eigenvalue weighted by molar-refractivity contribution is 5.56. The Morgan fingerprint density at radius 2 is 2.29 bits per heavy atom. The number of aliphatic hydroxyl groups is 1. The molecule has 6 nitrogen and oxygen atoms in total. The van der Waals surface area contributed by atoms with Crippen molar-refractivity contribution >= 4 is 0 Å². The number of methoxy groups -OCH3 is 1. The van der Waals surface area contributed by atoms with E-state index in [1.807, 2.05) is 24.3 Å². The molecule has 0 bridgehead atoms. The largest absolute Gasteiger partial charge is 0.497 e. The van der Waals surface area contributed by atoms with Gasteiger partial charge in [-0.2, -0.15) is 4.80 Å². The van der Waals surface area contributed by atoms with Gasteiger partial charge < -0.3 is 9.84 Å². The molecule has 0 atom stereocenters. The average molecular weight is 234 g/mol. The minimum absolute atomic E-state index is 0.121. The van der Waals surface area contributed by atoms with Crippen molar-refractivity contribution in [2.45, 2.75) is 13.0 Å². The van der Waals surface area contributed by atoms with Crippen molar-refractivity contribution in [3.8, 4) is 17.1 Å². The molecule has 6 heteroatoms. The van der Waals surface area contributed by atoms with Crippen LogP contribution in [0.4, 0.5) is 0 Å². The third kappa shape index (κ3) is 2.79. The van der Waals surface area contributed by atoms with Gasteiger partial charge in [-0.25, -0.2) is 0 Å². The highest BCUT2D eigenvalue weighted by Gasteiger charge is 2.06. The Morgan fingerprint density at radius 1 is 1.41 bits per heavy atom. The molecule has 0 saturated heterocycles. The van der Waals surface area contributed by atoms with Crippen LogP contribution in [0.15, 0.2) is 24.3 Å². The van der Waals surface area contributed by atoms with Crippen LogP contribution in [0.25, 0.3) is 11.4 Å². The van der Waals surface area contributed by atoms with E-state index in [9.17, 15) is 0 Å². The second kappa shape index (κ2) is 5.40. The predicted molar refractivity (Wildman–Crippen MR) is 61.5 cm³/mol. The number of nitrogens with zero attached hydrogens (tertiary/aromatic N) is 4. The summed E-state index contributed by atoms with van der Waals surface area (Å²) >= 11 is 0. The molecule has 0 amide bonds. The SMILES string of the molecule is COc1cccc(-c2nnn(CCCO)n2)c1. The van der Waals surface area contributed by atoms with Crippen LogP contribution in [-0.4, -0.2) is 39.0 Å². The molecular weight excluding hydrogens is 220 g/mol. The summed E-state index contributed by atoms with van der Waals surface area (Å²) in [5.41, 5.74) is 0.861. The van der Waals surface area contributed by atoms with E-state index in [1.165, 1.54) is 4.80 Å². The highest BCUT2D eigenvalue weighted by atomic mass is 16.5. The number of aliphatic hydroxyl groups excluding tert-OH is 1. The first-order valence-electron chi connectivity index (χ1n) is 5.36. The molecule has 2 aromatic rings. The molecule has 1 aromatic carbocycles. The first kappa shape index (κ1) is 11.5. The molecule has 2 rings (SSSR count). The van der Waals surface area contributed by atoms with Crippen LogP contribution in [0.5, 0.6) is 5.75 Å². The van der Waals surface area contributed by atoms with Crippen molar-refractivity contribution in [1.82, 2.24) is 20.2 Å². The van der Waals surface area contributed by atoms with Crippen molar-refractivity contribution in [2.75, 3.05) is 13.7 Å². The number of hydrogen-bond donors (Lipinski definition) is 1. The van der Waals surface area contributed by atoms with Crippen molar-refractivity contribution in [2.24, 2.45) is 0 Å². The molecule has 0 aliphatic rings. The second-order valence-electron chi connectivity index (χ2n) is 3.52. The summed E-state index contributed by atoms with van der Waals surface area (Å²) in [6, 6.07) is 7.49. The summed E-state index contributed by atoms with van der Waals surface area (Å²) in [5.74, 6) is 1.32. The van der Waals surface area contributed by atoms with Gasteiger partial charge >= 0.3 is 0 Å². The zero-order valence-electron chi connectivity index (χ0n) is 9.58. The fourth-order valence-corrected chi connectivity index (χ4v) is 1.43. The van der Waals surface area contributed by atoms with Gasteiger partial charge in [0.25, 0.3) is 0 Å². The molecule has 0 unspecified atom stereocenters. The summed E-state index contributed by atoms with van der Waals surface area (Å²) in [7, 11) is 1.62. The van der Waals surface area contributed by atoms with Gasteiger partial charge in [0.05, 0.1) is 13.7 Å². The summed E-state index contributed by atoms with van der Waals surface area (Å²) in [6.07, 6.45) is 0.619. The normalized spacial score (nSPS) is 10.5. The van der Waals surface area contributed by atoms with Crippen molar-refractivity contribution in [3.05, 3.63) is 24.3 Å². The summed E-state index contributed by atoms with van der Waals surface area (Å²) in [6.45, 7) is 0.684. The maximum atomic E-state index is 8.71. The fraction of sp³-hybridized carbons (Fsp3) is 0.364. The molecule has 1 heterocycles. The maximum Gasteiger partial charge on any atom is 0.205 e. The Kier molecular flexibility index (Phi) is 3.66. The first-order valence-corrected chi connectivity index (χ1v) is 5.36. The minimum Gasteiger partial charge on any atom is -0.497 e. The predicted octanol–water partition coefficient (Wildman–Crippen LogP) is 0.731. The van der Waals surface area contributed by atoms with Gasteiger partial charge in [-0.3, -0.25) is 0 Å². The quantitative estimate of drug-likeness (QED) is 0.825. The molecule has 0 fully saturated rings. The molecule has 17 heavy (non-hydrogen) atoms. The summed E-state index contributed by atoms with van der Waals surface area (Å²) in [5, 5.41) is 20.8. The number of rotatable bonds is 5. The standard InChI is InChI=1S/C11H14N4O2/c1-17-10-5-2-4-9(8-10)11-12-14-15(13-11)6-3-7-16/h2,4-5,8,16H,3,6-7H2,1H3. The zero-order chi connectivity index (χ0) is 12.1. The fourth-order valence-electron chi connectivity index (χ4n) is 1.43. The van der Waals surface area contributed by atoms with Gasteiger partial charge in [-0.1, -0.05) is 12.1 Å². The van der Waals surface area contributed by atoms with Crippen LogP contribution in [0.1, 0.15) is 6.42 Å².